The fourth-order valence-corrected chi connectivity index (χ4v) is 1.96. The summed E-state index contributed by atoms with van der Waals surface area (Å²) in [5, 5.41) is 10.9. The van der Waals surface area contributed by atoms with Crippen LogP contribution in [0.4, 0.5) is 0 Å². The third-order valence-electron chi connectivity index (χ3n) is 1.64. The maximum absolute atomic E-state index is 9.03. The standard InChI is InChI=1S/C9H6ClNOS/c10-9-7(3-4-13-9)8-2-1-6(12)5-11-8/h1-5,12H. The lowest BCUT2D eigenvalue weighted by Crippen LogP contribution is -1.79. The Morgan fingerprint density at radius 2 is 2.15 bits per heavy atom. The molecule has 0 saturated carbocycles. The van der Waals surface area contributed by atoms with Gasteiger partial charge >= 0.3 is 0 Å². The van der Waals surface area contributed by atoms with Gasteiger partial charge in [-0.2, -0.15) is 0 Å². The van der Waals surface area contributed by atoms with Crippen LogP contribution in [-0.4, -0.2) is 10.1 Å². The van der Waals surface area contributed by atoms with Gasteiger partial charge in [0, 0.05) is 5.56 Å². The summed E-state index contributed by atoms with van der Waals surface area (Å²) in [5.41, 5.74) is 1.69. The Morgan fingerprint density at radius 3 is 2.69 bits per heavy atom. The summed E-state index contributed by atoms with van der Waals surface area (Å²) in [6.45, 7) is 0. The number of aromatic nitrogens is 1. The van der Waals surface area contributed by atoms with Gasteiger partial charge in [0.2, 0.25) is 0 Å². The Hall–Kier alpha value is -1.06. The van der Waals surface area contributed by atoms with Gasteiger partial charge in [-0.1, -0.05) is 11.6 Å². The fraction of sp³-hybridized carbons (Fsp3) is 0. The molecule has 0 unspecified atom stereocenters. The maximum Gasteiger partial charge on any atom is 0.133 e. The first-order valence-corrected chi connectivity index (χ1v) is 4.91. The zero-order chi connectivity index (χ0) is 9.26. The molecule has 2 nitrogen and oxygen atoms in total. The number of hydrogen-bond donors (Lipinski definition) is 1. The molecule has 66 valence electrons. The number of pyridine rings is 1. The minimum atomic E-state index is 0.162. The summed E-state index contributed by atoms with van der Waals surface area (Å²) >= 11 is 7.40. The third kappa shape index (κ3) is 1.66. The van der Waals surface area contributed by atoms with E-state index in [1.807, 2.05) is 11.4 Å². The van der Waals surface area contributed by atoms with E-state index >= 15 is 0 Å². The first-order chi connectivity index (χ1) is 6.27. The normalized spacial score (nSPS) is 10.2. The molecule has 0 aliphatic carbocycles. The number of aromatic hydroxyl groups is 1. The lowest BCUT2D eigenvalue weighted by molar-refractivity contribution is 0.473. The van der Waals surface area contributed by atoms with Crippen molar-refractivity contribution < 1.29 is 5.11 Å². The largest absolute Gasteiger partial charge is 0.506 e. The van der Waals surface area contributed by atoms with Gasteiger partial charge in [0.15, 0.2) is 0 Å². The molecule has 2 rings (SSSR count). The van der Waals surface area contributed by atoms with E-state index in [1.165, 1.54) is 17.5 Å². The predicted molar refractivity (Wildman–Crippen MR) is 54.2 cm³/mol. The Labute approximate surface area is 84.4 Å². The van der Waals surface area contributed by atoms with Crippen molar-refractivity contribution in [3.8, 4) is 17.0 Å². The topological polar surface area (TPSA) is 33.1 Å². The minimum absolute atomic E-state index is 0.162. The van der Waals surface area contributed by atoms with Crippen LogP contribution in [0.25, 0.3) is 11.3 Å². The SMILES string of the molecule is Oc1ccc(-c2ccsc2Cl)nc1. The quantitative estimate of drug-likeness (QED) is 0.786. The lowest BCUT2D eigenvalue weighted by atomic mass is 10.2. The van der Waals surface area contributed by atoms with Gasteiger partial charge in [-0.3, -0.25) is 4.98 Å². The average Bonchev–Trinajstić information content (AvgIpc) is 2.53. The number of rotatable bonds is 1. The highest BCUT2D eigenvalue weighted by molar-refractivity contribution is 7.15. The lowest BCUT2D eigenvalue weighted by Gasteiger charge is -1.97. The molecule has 0 saturated heterocycles. The van der Waals surface area contributed by atoms with Crippen molar-refractivity contribution in [1.82, 2.24) is 4.98 Å². The molecule has 2 aromatic heterocycles. The minimum Gasteiger partial charge on any atom is -0.506 e. The Kier molecular flexibility index (Phi) is 2.20. The summed E-state index contributed by atoms with van der Waals surface area (Å²) in [4.78, 5) is 4.05. The summed E-state index contributed by atoms with van der Waals surface area (Å²) in [6, 6.07) is 5.24. The van der Waals surface area contributed by atoms with Gasteiger partial charge in [-0.15, -0.1) is 11.3 Å². The molecule has 0 aliphatic heterocycles. The van der Waals surface area contributed by atoms with Crippen LogP contribution < -0.4 is 0 Å². The molecule has 0 spiro atoms. The smallest absolute Gasteiger partial charge is 0.133 e. The van der Waals surface area contributed by atoms with Crippen LogP contribution in [0.2, 0.25) is 4.34 Å². The zero-order valence-electron chi connectivity index (χ0n) is 6.57. The number of halogens is 1. The molecule has 4 heteroatoms. The molecule has 2 aromatic rings. The van der Waals surface area contributed by atoms with Gasteiger partial charge in [0.05, 0.1) is 11.9 Å². The molecule has 13 heavy (non-hydrogen) atoms. The van der Waals surface area contributed by atoms with Crippen molar-refractivity contribution >= 4 is 22.9 Å². The van der Waals surface area contributed by atoms with Crippen molar-refractivity contribution in [2.45, 2.75) is 0 Å². The Bertz CT molecular complexity index is 410. The van der Waals surface area contributed by atoms with Gasteiger partial charge in [0.1, 0.15) is 10.1 Å². The van der Waals surface area contributed by atoms with Crippen molar-refractivity contribution in [2.75, 3.05) is 0 Å². The van der Waals surface area contributed by atoms with E-state index in [1.54, 1.807) is 12.1 Å². The highest BCUT2D eigenvalue weighted by atomic mass is 35.5. The average molecular weight is 212 g/mol. The molecule has 0 radical (unpaired) electrons. The van der Waals surface area contributed by atoms with Crippen LogP contribution in [0, 0.1) is 0 Å². The monoisotopic (exact) mass is 211 g/mol. The first-order valence-electron chi connectivity index (χ1n) is 3.66. The Balaban J connectivity index is 2.47. The van der Waals surface area contributed by atoms with E-state index in [0.29, 0.717) is 0 Å². The van der Waals surface area contributed by atoms with E-state index in [2.05, 4.69) is 4.98 Å². The third-order valence-corrected chi connectivity index (χ3v) is 2.81. The molecule has 0 fully saturated rings. The number of hydrogen-bond acceptors (Lipinski definition) is 3. The second-order valence-corrected chi connectivity index (χ2v) is 4.03. The van der Waals surface area contributed by atoms with Crippen molar-refractivity contribution in [3.63, 3.8) is 0 Å². The zero-order valence-corrected chi connectivity index (χ0v) is 8.14. The molecule has 0 atom stereocenters. The van der Waals surface area contributed by atoms with Crippen LogP contribution in [0.15, 0.2) is 29.8 Å². The summed E-state index contributed by atoms with van der Waals surface area (Å²) in [6.07, 6.45) is 1.41. The molecule has 0 amide bonds. The molecular formula is C9H6ClNOS. The van der Waals surface area contributed by atoms with Gasteiger partial charge in [-0.25, -0.2) is 0 Å². The molecule has 2 heterocycles. The summed E-state index contributed by atoms with van der Waals surface area (Å²) in [5.74, 6) is 0.162. The summed E-state index contributed by atoms with van der Waals surface area (Å²) < 4.78 is 0.721. The van der Waals surface area contributed by atoms with Gasteiger partial charge in [0.25, 0.3) is 0 Å². The van der Waals surface area contributed by atoms with Crippen LogP contribution in [0.1, 0.15) is 0 Å². The highest BCUT2D eigenvalue weighted by Crippen LogP contribution is 2.31. The van der Waals surface area contributed by atoms with E-state index in [0.717, 1.165) is 15.6 Å². The predicted octanol–water partition coefficient (Wildman–Crippen LogP) is 3.17. The van der Waals surface area contributed by atoms with Gasteiger partial charge < -0.3 is 5.11 Å². The van der Waals surface area contributed by atoms with Crippen LogP contribution >= 0.6 is 22.9 Å². The van der Waals surface area contributed by atoms with Crippen molar-refractivity contribution in [2.24, 2.45) is 0 Å². The Morgan fingerprint density at radius 1 is 1.31 bits per heavy atom. The maximum atomic E-state index is 9.03. The molecule has 0 aromatic carbocycles. The highest BCUT2D eigenvalue weighted by Gasteiger charge is 2.04. The molecule has 0 bridgehead atoms. The second kappa shape index (κ2) is 3.36. The molecule has 1 N–H and O–H groups in total. The van der Waals surface area contributed by atoms with E-state index in [4.69, 9.17) is 16.7 Å². The van der Waals surface area contributed by atoms with Crippen LogP contribution in [0.3, 0.4) is 0 Å². The summed E-state index contributed by atoms with van der Waals surface area (Å²) in [7, 11) is 0. The van der Waals surface area contributed by atoms with E-state index in [9.17, 15) is 0 Å². The second-order valence-electron chi connectivity index (χ2n) is 2.51. The van der Waals surface area contributed by atoms with Crippen LogP contribution in [0.5, 0.6) is 5.75 Å². The number of nitrogens with zero attached hydrogens (tertiary/aromatic N) is 1. The van der Waals surface area contributed by atoms with E-state index in [-0.39, 0.29) is 5.75 Å². The van der Waals surface area contributed by atoms with Gasteiger partial charge in [-0.05, 0) is 23.6 Å². The first kappa shape index (κ1) is 8.53. The van der Waals surface area contributed by atoms with Crippen molar-refractivity contribution in [1.29, 1.82) is 0 Å². The number of thiophene rings is 1. The molecular weight excluding hydrogens is 206 g/mol. The van der Waals surface area contributed by atoms with E-state index < -0.39 is 0 Å². The fourth-order valence-electron chi connectivity index (χ4n) is 1.02. The van der Waals surface area contributed by atoms with Crippen molar-refractivity contribution in [3.05, 3.63) is 34.1 Å². The molecule has 0 aliphatic rings. The van der Waals surface area contributed by atoms with Crippen LogP contribution in [-0.2, 0) is 0 Å².